The van der Waals surface area contributed by atoms with E-state index in [1.807, 2.05) is 49.4 Å². The summed E-state index contributed by atoms with van der Waals surface area (Å²) in [5, 5.41) is 4.06. The Kier molecular flexibility index (Phi) is 4.73. The molecule has 0 aliphatic carbocycles. The van der Waals surface area contributed by atoms with Crippen molar-refractivity contribution in [3.63, 3.8) is 0 Å². The van der Waals surface area contributed by atoms with Gasteiger partial charge in [-0.3, -0.25) is 4.79 Å². The average molecular weight is 365 g/mol. The van der Waals surface area contributed by atoms with Crippen LogP contribution in [0.3, 0.4) is 0 Å². The number of H-pyrrole nitrogens is 1. The summed E-state index contributed by atoms with van der Waals surface area (Å²) in [6.07, 6.45) is 0. The third-order valence-electron chi connectivity index (χ3n) is 5.00. The van der Waals surface area contributed by atoms with Gasteiger partial charge in [-0.15, -0.1) is 0 Å². The number of amides is 1. The zero-order chi connectivity index (χ0) is 18.8. The molecule has 0 saturated carbocycles. The highest BCUT2D eigenvalue weighted by Gasteiger charge is 2.19. The molecule has 1 amide bonds. The molecule has 140 valence electrons. The highest BCUT2D eigenvalue weighted by molar-refractivity contribution is 6.09. The SMILES string of the molecule is COc1ccc2[nH]c(C(=O)Nc3ccccc3N3CCOCC3)c(C)c2c1. The van der Waals surface area contributed by atoms with Crippen molar-refractivity contribution in [2.75, 3.05) is 43.6 Å². The molecule has 6 heteroatoms. The van der Waals surface area contributed by atoms with Gasteiger partial charge in [0.1, 0.15) is 11.4 Å². The number of methoxy groups -OCH3 is 1. The number of nitrogens with zero attached hydrogens (tertiary/aromatic N) is 1. The fourth-order valence-electron chi connectivity index (χ4n) is 3.50. The van der Waals surface area contributed by atoms with Crippen molar-refractivity contribution in [2.45, 2.75) is 6.92 Å². The van der Waals surface area contributed by atoms with E-state index < -0.39 is 0 Å². The number of hydrogen-bond acceptors (Lipinski definition) is 4. The molecular formula is C21H23N3O3. The summed E-state index contributed by atoms with van der Waals surface area (Å²) in [6.45, 7) is 4.98. The van der Waals surface area contributed by atoms with Gasteiger partial charge in [0.2, 0.25) is 0 Å². The molecule has 6 nitrogen and oxygen atoms in total. The van der Waals surface area contributed by atoms with E-state index in [9.17, 15) is 4.79 Å². The minimum absolute atomic E-state index is 0.150. The van der Waals surface area contributed by atoms with Crippen LogP contribution in [0.1, 0.15) is 16.1 Å². The van der Waals surface area contributed by atoms with Crippen molar-refractivity contribution >= 4 is 28.2 Å². The van der Waals surface area contributed by atoms with Gasteiger partial charge in [-0.1, -0.05) is 12.1 Å². The Balaban J connectivity index is 1.63. The summed E-state index contributed by atoms with van der Waals surface area (Å²) in [7, 11) is 1.64. The molecule has 2 aromatic carbocycles. The van der Waals surface area contributed by atoms with Crippen molar-refractivity contribution in [1.82, 2.24) is 4.98 Å². The third-order valence-corrected chi connectivity index (χ3v) is 5.00. The molecule has 2 N–H and O–H groups in total. The number of rotatable bonds is 4. The first-order valence-corrected chi connectivity index (χ1v) is 9.07. The molecule has 0 bridgehead atoms. The maximum Gasteiger partial charge on any atom is 0.272 e. The molecule has 4 rings (SSSR count). The van der Waals surface area contributed by atoms with E-state index in [0.717, 1.165) is 46.7 Å². The summed E-state index contributed by atoms with van der Waals surface area (Å²) < 4.78 is 10.7. The zero-order valence-electron chi connectivity index (χ0n) is 15.5. The first kappa shape index (κ1) is 17.4. The number of para-hydroxylation sites is 2. The van der Waals surface area contributed by atoms with Crippen LogP contribution < -0.4 is 15.0 Å². The second-order valence-corrected chi connectivity index (χ2v) is 6.61. The number of carbonyl (C=O) groups is 1. The molecule has 0 spiro atoms. The number of fused-ring (bicyclic) bond motifs is 1. The highest BCUT2D eigenvalue weighted by atomic mass is 16.5. The monoisotopic (exact) mass is 365 g/mol. The van der Waals surface area contributed by atoms with E-state index in [-0.39, 0.29) is 5.91 Å². The van der Waals surface area contributed by atoms with Crippen LogP contribution >= 0.6 is 0 Å². The number of aryl methyl sites for hydroxylation is 1. The smallest absolute Gasteiger partial charge is 0.272 e. The van der Waals surface area contributed by atoms with Gasteiger partial charge in [0, 0.05) is 24.0 Å². The minimum Gasteiger partial charge on any atom is -0.497 e. The molecular weight excluding hydrogens is 342 g/mol. The molecule has 1 saturated heterocycles. The molecule has 0 atom stereocenters. The van der Waals surface area contributed by atoms with Crippen LogP contribution in [0.25, 0.3) is 10.9 Å². The predicted molar refractivity (Wildman–Crippen MR) is 107 cm³/mol. The fourth-order valence-corrected chi connectivity index (χ4v) is 3.50. The Morgan fingerprint density at radius 2 is 1.96 bits per heavy atom. The van der Waals surface area contributed by atoms with Crippen LogP contribution in [0.15, 0.2) is 42.5 Å². The number of aromatic amines is 1. The molecule has 1 fully saturated rings. The van der Waals surface area contributed by atoms with Gasteiger partial charge in [0.25, 0.3) is 5.91 Å². The number of nitrogens with one attached hydrogen (secondary N) is 2. The van der Waals surface area contributed by atoms with Crippen molar-refractivity contribution in [3.8, 4) is 5.75 Å². The van der Waals surface area contributed by atoms with Crippen molar-refractivity contribution in [1.29, 1.82) is 0 Å². The summed E-state index contributed by atoms with van der Waals surface area (Å²) in [4.78, 5) is 18.4. The summed E-state index contributed by atoms with van der Waals surface area (Å²) >= 11 is 0. The van der Waals surface area contributed by atoms with Gasteiger partial charge in [-0.25, -0.2) is 0 Å². The topological polar surface area (TPSA) is 66.6 Å². The number of morpholine rings is 1. The minimum atomic E-state index is -0.150. The quantitative estimate of drug-likeness (QED) is 0.742. The van der Waals surface area contributed by atoms with Crippen LogP contribution in [-0.4, -0.2) is 44.3 Å². The van der Waals surface area contributed by atoms with Crippen LogP contribution in [0.2, 0.25) is 0 Å². The van der Waals surface area contributed by atoms with Crippen molar-refractivity contribution < 1.29 is 14.3 Å². The first-order valence-electron chi connectivity index (χ1n) is 9.07. The largest absolute Gasteiger partial charge is 0.497 e. The number of aromatic nitrogens is 1. The van der Waals surface area contributed by atoms with Crippen LogP contribution in [-0.2, 0) is 4.74 Å². The predicted octanol–water partition coefficient (Wildman–Crippen LogP) is 3.57. The van der Waals surface area contributed by atoms with Gasteiger partial charge in [0.05, 0.1) is 31.7 Å². The van der Waals surface area contributed by atoms with Crippen LogP contribution in [0.5, 0.6) is 5.75 Å². The van der Waals surface area contributed by atoms with E-state index in [1.165, 1.54) is 0 Å². The molecule has 1 aliphatic heterocycles. The molecule has 1 aromatic heterocycles. The van der Waals surface area contributed by atoms with Crippen molar-refractivity contribution in [2.24, 2.45) is 0 Å². The Labute approximate surface area is 158 Å². The average Bonchev–Trinajstić information content (AvgIpc) is 3.05. The van der Waals surface area contributed by atoms with Crippen LogP contribution in [0, 0.1) is 6.92 Å². The Bertz CT molecular complexity index is 974. The van der Waals surface area contributed by atoms with Gasteiger partial charge >= 0.3 is 0 Å². The van der Waals surface area contributed by atoms with E-state index in [0.29, 0.717) is 18.9 Å². The summed E-state index contributed by atoms with van der Waals surface area (Å²) in [5.74, 6) is 0.623. The summed E-state index contributed by atoms with van der Waals surface area (Å²) in [5.41, 5.74) is 4.21. The zero-order valence-corrected chi connectivity index (χ0v) is 15.5. The second kappa shape index (κ2) is 7.32. The third kappa shape index (κ3) is 3.36. The second-order valence-electron chi connectivity index (χ2n) is 6.61. The van der Waals surface area contributed by atoms with Gasteiger partial charge in [-0.2, -0.15) is 0 Å². The van der Waals surface area contributed by atoms with Gasteiger partial charge in [-0.05, 0) is 42.8 Å². The maximum atomic E-state index is 13.0. The fraction of sp³-hybridized carbons (Fsp3) is 0.286. The lowest BCUT2D eigenvalue weighted by molar-refractivity contribution is 0.102. The molecule has 0 radical (unpaired) electrons. The lowest BCUT2D eigenvalue weighted by atomic mass is 10.1. The molecule has 1 aliphatic rings. The number of benzene rings is 2. The Morgan fingerprint density at radius 3 is 2.74 bits per heavy atom. The lowest BCUT2D eigenvalue weighted by Gasteiger charge is -2.30. The lowest BCUT2D eigenvalue weighted by Crippen LogP contribution is -2.36. The van der Waals surface area contributed by atoms with Gasteiger partial charge < -0.3 is 24.7 Å². The van der Waals surface area contributed by atoms with E-state index >= 15 is 0 Å². The highest BCUT2D eigenvalue weighted by Crippen LogP contribution is 2.29. The Hall–Kier alpha value is -2.99. The number of carbonyl (C=O) groups excluding carboxylic acids is 1. The molecule has 0 unspecified atom stereocenters. The summed E-state index contributed by atoms with van der Waals surface area (Å²) in [6, 6.07) is 13.6. The van der Waals surface area contributed by atoms with E-state index in [2.05, 4.69) is 15.2 Å². The van der Waals surface area contributed by atoms with Crippen LogP contribution in [0.4, 0.5) is 11.4 Å². The normalized spacial score (nSPS) is 14.4. The van der Waals surface area contributed by atoms with Gasteiger partial charge in [0.15, 0.2) is 0 Å². The van der Waals surface area contributed by atoms with Crippen molar-refractivity contribution in [3.05, 3.63) is 53.7 Å². The first-order chi connectivity index (χ1) is 13.2. The number of ether oxygens (including phenoxy) is 2. The molecule has 3 aromatic rings. The van der Waals surface area contributed by atoms with E-state index in [1.54, 1.807) is 7.11 Å². The number of hydrogen-bond donors (Lipinski definition) is 2. The maximum absolute atomic E-state index is 13.0. The molecule has 27 heavy (non-hydrogen) atoms. The molecule has 2 heterocycles. The standard InChI is InChI=1S/C21H23N3O3/c1-14-16-13-15(26-2)7-8-17(16)22-20(14)21(25)23-18-5-3-4-6-19(18)24-9-11-27-12-10-24/h3-8,13,22H,9-12H2,1-2H3,(H,23,25). The van der Waals surface area contributed by atoms with E-state index in [4.69, 9.17) is 9.47 Å². The Morgan fingerprint density at radius 1 is 1.19 bits per heavy atom. The number of anilines is 2.